The zero-order valence-corrected chi connectivity index (χ0v) is 39.5. The largest absolute Gasteiger partial charge is 0.310 e. The second kappa shape index (κ2) is 16.9. The van der Waals surface area contributed by atoms with Gasteiger partial charge in [-0.2, -0.15) is 0 Å². The van der Waals surface area contributed by atoms with E-state index >= 15 is 0 Å². The molecule has 0 radical (unpaired) electrons. The van der Waals surface area contributed by atoms with Crippen LogP contribution in [0.4, 0.5) is 17.1 Å². The van der Waals surface area contributed by atoms with Crippen LogP contribution in [-0.2, 0) is 0 Å². The van der Waals surface area contributed by atoms with Gasteiger partial charge in [-0.15, -0.1) is 11.3 Å². The fourth-order valence-electron chi connectivity index (χ4n) is 11.1. The van der Waals surface area contributed by atoms with Crippen LogP contribution in [0.25, 0.3) is 114 Å². The third-order valence-corrected chi connectivity index (χ3v) is 15.5. The van der Waals surface area contributed by atoms with Crippen molar-refractivity contribution in [2.24, 2.45) is 0 Å². The highest BCUT2D eigenvalue weighted by Crippen LogP contribution is 2.47. The highest BCUT2D eigenvalue weighted by Gasteiger charge is 2.22. The SMILES string of the molecule is c1ccc(-n2c3ccccc3c3ccccc32)c(-c2ccc(N(c3ccc(-c4cccc5ccccc45)cc3)c3ccc(-c4cccc5ccccc45)cc3)c(-c3ccc4c(c3)sc3ccccc34)c2)c1. The summed E-state index contributed by atoms with van der Waals surface area (Å²) in [6.07, 6.45) is 0. The summed E-state index contributed by atoms with van der Waals surface area (Å²) in [5.74, 6) is 0. The molecule has 0 bridgehead atoms. The van der Waals surface area contributed by atoms with Crippen molar-refractivity contribution in [3.8, 4) is 50.2 Å². The lowest BCUT2D eigenvalue weighted by atomic mass is 9.94. The highest BCUT2D eigenvalue weighted by molar-refractivity contribution is 7.25. The van der Waals surface area contributed by atoms with E-state index in [0.717, 1.165) is 33.9 Å². The molecule has 0 spiro atoms. The minimum atomic E-state index is 1.08. The van der Waals surface area contributed by atoms with Crippen molar-refractivity contribution in [1.29, 1.82) is 0 Å². The molecule has 2 nitrogen and oxygen atoms in total. The molecule has 3 heteroatoms. The molecule has 0 saturated carbocycles. The van der Waals surface area contributed by atoms with Gasteiger partial charge < -0.3 is 9.47 Å². The number of hydrogen-bond donors (Lipinski definition) is 0. The zero-order chi connectivity index (χ0) is 46.8. The van der Waals surface area contributed by atoms with Crippen LogP contribution in [-0.4, -0.2) is 4.57 Å². The zero-order valence-electron chi connectivity index (χ0n) is 38.7. The highest BCUT2D eigenvalue weighted by atomic mass is 32.1. The first kappa shape index (κ1) is 41.0. The van der Waals surface area contributed by atoms with E-state index in [2.05, 4.69) is 276 Å². The van der Waals surface area contributed by atoms with Crippen LogP contribution < -0.4 is 4.90 Å². The van der Waals surface area contributed by atoms with Gasteiger partial charge in [0.2, 0.25) is 0 Å². The predicted molar refractivity (Wildman–Crippen MR) is 305 cm³/mol. The van der Waals surface area contributed by atoms with E-state index < -0.39 is 0 Å². The Morgan fingerprint density at radius 2 is 0.732 bits per heavy atom. The van der Waals surface area contributed by atoms with Gasteiger partial charge in [0, 0.05) is 53.4 Å². The maximum Gasteiger partial charge on any atom is 0.0541 e. The topological polar surface area (TPSA) is 8.17 Å². The quantitative estimate of drug-likeness (QED) is 0.147. The van der Waals surface area contributed by atoms with E-state index in [4.69, 9.17) is 0 Å². The summed E-state index contributed by atoms with van der Waals surface area (Å²) >= 11 is 1.86. The van der Waals surface area contributed by atoms with Crippen molar-refractivity contribution in [1.82, 2.24) is 4.57 Å². The van der Waals surface area contributed by atoms with Crippen molar-refractivity contribution in [3.63, 3.8) is 0 Å². The lowest BCUT2D eigenvalue weighted by molar-refractivity contribution is 1.18. The monoisotopic (exact) mass is 920 g/mol. The van der Waals surface area contributed by atoms with Crippen molar-refractivity contribution in [2.75, 3.05) is 4.90 Å². The normalized spacial score (nSPS) is 11.7. The predicted octanol–water partition coefficient (Wildman–Crippen LogP) is 19.6. The van der Waals surface area contributed by atoms with Crippen LogP contribution in [0.1, 0.15) is 0 Å². The second-order valence-electron chi connectivity index (χ2n) is 18.4. The third-order valence-electron chi connectivity index (χ3n) is 14.4. The molecule has 14 rings (SSSR count). The van der Waals surface area contributed by atoms with E-state index in [1.807, 2.05) is 11.3 Å². The Balaban J connectivity index is 0.988. The number of hydrogen-bond acceptors (Lipinski definition) is 2. The molecular formula is C68H44N2S. The molecule has 0 aliphatic rings. The van der Waals surface area contributed by atoms with Gasteiger partial charge in [0.15, 0.2) is 0 Å². The lowest BCUT2D eigenvalue weighted by Gasteiger charge is -2.29. The number of benzene rings is 12. The number of fused-ring (bicyclic) bond motifs is 8. The average Bonchev–Trinajstić information content (AvgIpc) is 3.99. The Morgan fingerprint density at radius 3 is 1.37 bits per heavy atom. The first-order valence-electron chi connectivity index (χ1n) is 24.3. The van der Waals surface area contributed by atoms with Crippen LogP contribution in [0.5, 0.6) is 0 Å². The smallest absolute Gasteiger partial charge is 0.0541 e. The molecule has 0 aliphatic carbocycles. The Bertz CT molecular complexity index is 4160. The summed E-state index contributed by atoms with van der Waals surface area (Å²) in [6.45, 7) is 0. The number of rotatable bonds is 8. The molecule has 0 atom stereocenters. The van der Waals surface area contributed by atoms with Crippen molar-refractivity contribution in [3.05, 3.63) is 267 Å². The Kier molecular flexibility index (Phi) is 9.75. The van der Waals surface area contributed by atoms with Gasteiger partial charge in [0.1, 0.15) is 0 Å². The maximum atomic E-state index is 2.45. The van der Waals surface area contributed by atoms with Gasteiger partial charge in [-0.3, -0.25) is 0 Å². The third kappa shape index (κ3) is 6.93. The number of anilines is 3. The Labute approximate surface area is 416 Å². The van der Waals surface area contributed by atoms with E-state index in [0.29, 0.717) is 0 Å². The summed E-state index contributed by atoms with van der Waals surface area (Å²) in [4.78, 5) is 2.45. The molecule has 0 saturated heterocycles. The minimum absolute atomic E-state index is 1.08. The van der Waals surface area contributed by atoms with Crippen LogP contribution in [0.15, 0.2) is 267 Å². The number of aromatic nitrogens is 1. The van der Waals surface area contributed by atoms with E-state index in [1.54, 1.807) is 0 Å². The number of para-hydroxylation sites is 3. The standard InChI is InChI=1S/C68H44N2S/c1-3-19-53-45(15-1)17-13-25-55(53)47-31-37-51(38-32-47)69(52-39-33-48(34-40-52)56-26-14-18-46-16-2-4-20-54(46)56)66-42-36-49(43-62(66)50-35-41-61-60-24-8-12-30-67(60)71-68(61)44-50)57-21-5-9-27-63(57)70-64-28-10-6-22-58(64)59-23-7-11-29-65(59)70/h1-44H. The van der Waals surface area contributed by atoms with Crippen molar-refractivity contribution in [2.45, 2.75) is 0 Å². The van der Waals surface area contributed by atoms with Gasteiger partial charge in [-0.05, 0) is 122 Å². The first-order chi connectivity index (χ1) is 35.2. The van der Waals surface area contributed by atoms with Crippen LogP contribution in [0, 0.1) is 0 Å². The fraction of sp³-hybridized carbons (Fsp3) is 0. The van der Waals surface area contributed by atoms with E-state index in [9.17, 15) is 0 Å². The molecular weight excluding hydrogens is 877 g/mol. The van der Waals surface area contributed by atoms with Gasteiger partial charge in [-0.1, -0.05) is 200 Å². The maximum absolute atomic E-state index is 2.45. The van der Waals surface area contributed by atoms with E-state index in [1.165, 1.54) is 96.9 Å². The fourth-order valence-corrected chi connectivity index (χ4v) is 12.2. The van der Waals surface area contributed by atoms with Gasteiger partial charge in [0.25, 0.3) is 0 Å². The molecule has 14 aromatic rings. The molecule has 0 amide bonds. The summed E-state index contributed by atoms with van der Waals surface area (Å²) in [5.41, 5.74) is 16.2. The van der Waals surface area contributed by atoms with Gasteiger partial charge in [-0.25, -0.2) is 0 Å². The molecule has 2 aromatic heterocycles. The summed E-state index contributed by atoms with van der Waals surface area (Å²) < 4.78 is 5.02. The van der Waals surface area contributed by atoms with E-state index in [-0.39, 0.29) is 0 Å². The van der Waals surface area contributed by atoms with Crippen molar-refractivity contribution >= 4 is 91.9 Å². The first-order valence-corrected chi connectivity index (χ1v) is 25.1. The lowest BCUT2D eigenvalue weighted by Crippen LogP contribution is -2.11. The van der Waals surface area contributed by atoms with Crippen LogP contribution in [0.2, 0.25) is 0 Å². The number of thiophene rings is 1. The molecule has 71 heavy (non-hydrogen) atoms. The Hall–Kier alpha value is -9.02. The van der Waals surface area contributed by atoms with Crippen LogP contribution >= 0.6 is 11.3 Å². The Morgan fingerprint density at radius 1 is 0.282 bits per heavy atom. The molecule has 0 fully saturated rings. The van der Waals surface area contributed by atoms with Gasteiger partial charge in [0.05, 0.1) is 22.4 Å². The average molecular weight is 921 g/mol. The molecule has 2 heterocycles. The second-order valence-corrected chi connectivity index (χ2v) is 19.5. The molecule has 0 aliphatic heterocycles. The minimum Gasteiger partial charge on any atom is -0.310 e. The van der Waals surface area contributed by atoms with Crippen molar-refractivity contribution < 1.29 is 0 Å². The molecule has 0 unspecified atom stereocenters. The summed E-state index contributed by atoms with van der Waals surface area (Å²) in [6, 6.07) is 98.2. The van der Waals surface area contributed by atoms with Crippen LogP contribution in [0.3, 0.4) is 0 Å². The molecule has 332 valence electrons. The molecule has 0 N–H and O–H groups in total. The number of nitrogens with zero attached hydrogens (tertiary/aromatic N) is 2. The molecule has 12 aromatic carbocycles. The summed E-state index contributed by atoms with van der Waals surface area (Å²) in [5, 5.41) is 10.1. The summed E-state index contributed by atoms with van der Waals surface area (Å²) in [7, 11) is 0. The van der Waals surface area contributed by atoms with Gasteiger partial charge >= 0.3 is 0 Å².